The van der Waals surface area contributed by atoms with Crippen molar-refractivity contribution >= 4 is 35.0 Å². The molecular formula is C19H23NO6S. The highest BCUT2D eigenvalue weighted by Gasteiger charge is 2.36. The van der Waals surface area contributed by atoms with Gasteiger partial charge in [-0.2, -0.15) is 0 Å². The van der Waals surface area contributed by atoms with Crippen molar-refractivity contribution in [2.24, 2.45) is 0 Å². The molecular weight excluding hydrogens is 370 g/mol. The average molecular weight is 393 g/mol. The molecule has 1 unspecified atom stereocenters. The normalized spacial score (nSPS) is 16.6. The van der Waals surface area contributed by atoms with Crippen molar-refractivity contribution in [3.8, 4) is 11.5 Å². The predicted molar refractivity (Wildman–Crippen MR) is 103 cm³/mol. The van der Waals surface area contributed by atoms with Gasteiger partial charge in [-0.15, -0.1) is 0 Å². The Hall–Kier alpha value is -2.48. The van der Waals surface area contributed by atoms with Crippen molar-refractivity contribution in [3.63, 3.8) is 0 Å². The van der Waals surface area contributed by atoms with Crippen LogP contribution in [0.2, 0.25) is 0 Å². The van der Waals surface area contributed by atoms with Gasteiger partial charge in [0.2, 0.25) is 0 Å². The molecule has 1 aliphatic heterocycles. The summed E-state index contributed by atoms with van der Waals surface area (Å²) in [5, 5.41) is -0.501. The third-order valence-corrected chi connectivity index (χ3v) is 4.76. The summed E-state index contributed by atoms with van der Waals surface area (Å²) < 4.78 is 16.0. The first kappa shape index (κ1) is 20.8. The number of esters is 1. The first-order valence-electron chi connectivity index (χ1n) is 8.65. The molecule has 7 nitrogen and oxygen atoms in total. The summed E-state index contributed by atoms with van der Waals surface area (Å²) in [5.41, 5.74) is 0.693. The molecule has 27 heavy (non-hydrogen) atoms. The summed E-state index contributed by atoms with van der Waals surface area (Å²) in [6.07, 6.45) is 2.50. The maximum Gasteiger partial charge on any atom is 0.325 e. The van der Waals surface area contributed by atoms with Crippen LogP contribution in [-0.4, -0.2) is 48.4 Å². The average Bonchev–Trinajstić information content (AvgIpc) is 2.91. The number of hydrogen-bond acceptors (Lipinski definition) is 7. The molecule has 0 N–H and O–H groups in total. The highest BCUT2D eigenvalue weighted by atomic mass is 32.2. The molecule has 0 radical (unpaired) electrons. The number of rotatable bonds is 8. The van der Waals surface area contributed by atoms with Crippen molar-refractivity contribution in [2.75, 3.05) is 20.3 Å². The van der Waals surface area contributed by atoms with Crippen LogP contribution < -0.4 is 9.47 Å². The smallest absolute Gasteiger partial charge is 0.325 e. The molecule has 2 amide bonds. The second-order valence-corrected chi connectivity index (χ2v) is 6.81. The molecule has 0 aliphatic carbocycles. The van der Waals surface area contributed by atoms with E-state index in [1.165, 1.54) is 7.11 Å². The third-order valence-electron chi connectivity index (χ3n) is 3.86. The molecule has 1 heterocycles. The minimum Gasteiger partial charge on any atom is -0.490 e. The number of ether oxygens (including phenoxy) is 3. The molecule has 1 fully saturated rings. The molecule has 1 aromatic carbocycles. The van der Waals surface area contributed by atoms with E-state index in [-0.39, 0.29) is 11.0 Å². The van der Waals surface area contributed by atoms with Crippen LogP contribution in [0.1, 0.15) is 32.8 Å². The van der Waals surface area contributed by atoms with E-state index in [0.717, 1.165) is 23.1 Å². The van der Waals surface area contributed by atoms with Gasteiger partial charge in [0.25, 0.3) is 11.1 Å². The standard InChI is InChI=1S/C19H23NO6S/c1-5-12(3)26-14-8-7-13(9-15(14)25-6-2)10-16-18(22)20(19(23)27-16)11-17(21)24-4/h7-10,12H,5-6,11H2,1-4H3/b16-10-. The molecule has 146 valence electrons. The van der Waals surface area contributed by atoms with E-state index in [4.69, 9.17) is 9.47 Å². The van der Waals surface area contributed by atoms with Gasteiger partial charge in [-0.1, -0.05) is 13.0 Å². The maximum atomic E-state index is 12.4. The van der Waals surface area contributed by atoms with Crippen LogP contribution in [0.15, 0.2) is 23.1 Å². The van der Waals surface area contributed by atoms with Gasteiger partial charge in [-0.05, 0) is 55.8 Å². The van der Waals surface area contributed by atoms with Gasteiger partial charge in [-0.25, -0.2) is 0 Å². The third kappa shape index (κ3) is 5.26. The van der Waals surface area contributed by atoms with E-state index >= 15 is 0 Å². The Labute approximate surface area is 162 Å². The number of thioether (sulfide) groups is 1. The predicted octanol–water partition coefficient (Wildman–Crippen LogP) is 3.47. The fraction of sp³-hybridized carbons (Fsp3) is 0.421. The lowest BCUT2D eigenvalue weighted by molar-refractivity contribution is -0.143. The summed E-state index contributed by atoms with van der Waals surface area (Å²) in [4.78, 5) is 36.8. The Morgan fingerprint density at radius 3 is 2.63 bits per heavy atom. The van der Waals surface area contributed by atoms with Gasteiger partial charge in [0.15, 0.2) is 11.5 Å². The van der Waals surface area contributed by atoms with E-state index in [0.29, 0.717) is 23.7 Å². The molecule has 1 saturated heterocycles. The van der Waals surface area contributed by atoms with E-state index in [2.05, 4.69) is 4.74 Å². The van der Waals surface area contributed by atoms with E-state index < -0.39 is 23.7 Å². The largest absolute Gasteiger partial charge is 0.490 e. The Kier molecular flexibility index (Phi) is 7.29. The van der Waals surface area contributed by atoms with E-state index in [1.54, 1.807) is 24.3 Å². The van der Waals surface area contributed by atoms with Crippen LogP contribution in [0.4, 0.5) is 4.79 Å². The molecule has 0 saturated carbocycles. The van der Waals surface area contributed by atoms with Crippen LogP contribution in [0.5, 0.6) is 11.5 Å². The number of carbonyl (C=O) groups is 3. The number of hydrogen-bond donors (Lipinski definition) is 0. The fourth-order valence-corrected chi connectivity index (χ4v) is 3.10. The molecule has 0 spiro atoms. The van der Waals surface area contributed by atoms with E-state index in [1.807, 2.05) is 20.8 Å². The van der Waals surface area contributed by atoms with Gasteiger partial charge >= 0.3 is 5.97 Å². The van der Waals surface area contributed by atoms with Crippen molar-refractivity contribution in [3.05, 3.63) is 28.7 Å². The zero-order valence-electron chi connectivity index (χ0n) is 15.8. The Balaban J connectivity index is 2.25. The quantitative estimate of drug-likeness (QED) is 0.494. The summed E-state index contributed by atoms with van der Waals surface area (Å²) in [6.45, 7) is 5.95. The lowest BCUT2D eigenvalue weighted by Gasteiger charge is -2.16. The second-order valence-electron chi connectivity index (χ2n) is 5.82. The minimum absolute atomic E-state index is 0.0462. The Morgan fingerprint density at radius 2 is 2.00 bits per heavy atom. The number of benzene rings is 1. The molecule has 1 aliphatic rings. The van der Waals surface area contributed by atoms with E-state index in [9.17, 15) is 14.4 Å². The molecule has 0 aromatic heterocycles. The zero-order valence-corrected chi connectivity index (χ0v) is 16.6. The van der Waals surface area contributed by atoms with Crippen LogP contribution in [0.3, 0.4) is 0 Å². The molecule has 1 aromatic rings. The molecule has 8 heteroatoms. The lowest BCUT2D eigenvalue weighted by atomic mass is 10.1. The van der Waals surface area contributed by atoms with Gasteiger partial charge in [0, 0.05) is 0 Å². The first-order valence-corrected chi connectivity index (χ1v) is 9.46. The Bertz CT molecular complexity index is 761. The fourth-order valence-electron chi connectivity index (χ4n) is 2.26. The van der Waals surface area contributed by atoms with Crippen molar-refractivity contribution in [2.45, 2.75) is 33.3 Å². The number of nitrogens with zero attached hydrogens (tertiary/aromatic N) is 1. The second kappa shape index (κ2) is 9.45. The van der Waals surface area contributed by atoms with Gasteiger partial charge in [-0.3, -0.25) is 19.3 Å². The maximum absolute atomic E-state index is 12.4. The topological polar surface area (TPSA) is 82.1 Å². The summed E-state index contributed by atoms with van der Waals surface area (Å²) in [5.74, 6) is 0.0273. The highest BCUT2D eigenvalue weighted by molar-refractivity contribution is 8.18. The van der Waals surface area contributed by atoms with Crippen LogP contribution >= 0.6 is 11.8 Å². The number of methoxy groups -OCH3 is 1. The number of imide groups is 1. The zero-order chi connectivity index (χ0) is 20.0. The van der Waals surface area contributed by atoms with Crippen LogP contribution in [-0.2, 0) is 14.3 Å². The lowest BCUT2D eigenvalue weighted by Crippen LogP contribution is -2.34. The number of carbonyl (C=O) groups excluding carboxylic acids is 3. The number of amides is 2. The SMILES string of the molecule is CCOc1cc(/C=C2\SC(=O)N(CC(=O)OC)C2=O)ccc1OC(C)CC. The van der Waals surface area contributed by atoms with Crippen LogP contribution in [0, 0.1) is 0 Å². The molecule has 0 bridgehead atoms. The monoisotopic (exact) mass is 393 g/mol. The van der Waals surface area contributed by atoms with Gasteiger partial charge < -0.3 is 14.2 Å². The Morgan fingerprint density at radius 1 is 1.26 bits per heavy atom. The summed E-state index contributed by atoms with van der Waals surface area (Å²) >= 11 is 0.785. The van der Waals surface area contributed by atoms with Gasteiger partial charge in [0.05, 0.1) is 24.7 Å². The highest BCUT2D eigenvalue weighted by Crippen LogP contribution is 2.35. The molecule has 1 atom stereocenters. The minimum atomic E-state index is -0.649. The summed E-state index contributed by atoms with van der Waals surface area (Å²) in [7, 11) is 1.20. The van der Waals surface area contributed by atoms with Crippen molar-refractivity contribution < 1.29 is 28.6 Å². The van der Waals surface area contributed by atoms with Crippen molar-refractivity contribution in [1.29, 1.82) is 0 Å². The summed E-state index contributed by atoms with van der Waals surface area (Å²) in [6, 6.07) is 5.33. The first-order chi connectivity index (χ1) is 12.9. The van der Waals surface area contributed by atoms with Crippen LogP contribution in [0.25, 0.3) is 6.08 Å². The van der Waals surface area contributed by atoms with Crippen molar-refractivity contribution in [1.82, 2.24) is 4.90 Å². The van der Waals surface area contributed by atoms with Gasteiger partial charge in [0.1, 0.15) is 6.54 Å². The molecule has 2 rings (SSSR count).